The molecule has 1 heterocycles. The second kappa shape index (κ2) is 10.4. The second-order valence-corrected chi connectivity index (χ2v) is 8.42. The number of nitrogens with zero attached hydrogens (tertiary/aromatic N) is 1. The maximum atomic E-state index is 13.5. The topological polar surface area (TPSA) is 48.0 Å². The molecule has 3 aromatic rings. The van der Waals surface area contributed by atoms with E-state index >= 15 is 0 Å². The molecule has 0 amide bonds. The van der Waals surface area contributed by atoms with E-state index in [0.717, 1.165) is 18.2 Å². The first kappa shape index (κ1) is 27.1. The van der Waals surface area contributed by atoms with Gasteiger partial charge in [0.05, 0.1) is 18.3 Å². The van der Waals surface area contributed by atoms with Crippen molar-refractivity contribution in [3.8, 4) is 28.4 Å². The van der Waals surface area contributed by atoms with Gasteiger partial charge >= 0.3 is 18.9 Å². The third-order valence-electron chi connectivity index (χ3n) is 5.59. The van der Waals surface area contributed by atoms with Crippen LogP contribution in [-0.4, -0.2) is 37.8 Å². The Bertz CT molecular complexity index is 1310. The smallest absolute Gasteiger partial charge is 0.488 e. The summed E-state index contributed by atoms with van der Waals surface area (Å²) >= 11 is 0. The Morgan fingerprint density at radius 3 is 2.29 bits per heavy atom. The normalized spacial score (nSPS) is 15.6. The van der Waals surface area contributed by atoms with Crippen molar-refractivity contribution in [2.75, 3.05) is 18.1 Å². The zero-order chi connectivity index (χ0) is 27.7. The van der Waals surface area contributed by atoms with Crippen LogP contribution in [0.3, 0.4) is 0 Å². The molecule has 0 saturated heterocycles. The molecular weight excluding hydrogens is 523 g/mol. The Kier molecular flexibility index (Phi) is 7.43. The molecule has 202 valence electrons. The lowest BCUT2D eigenvalue weighted by molar-refractivity contribution is -0.274. The summed E-state index contributed by atoms with van der Waals surface area (Å²) in [5, 5.41) is 0. The van der Waals surface area contributed by atoms with Crippen LogP contribution in [0.25, 0.3) is 11.1 Å². The molecule has 1 aliphatic rings. The van der Waals surface area contributed by atoms with Crippen LogP contribution in [0.15, 0.2) is 66.7 Å². The van der Waals surface area contributed by atoms with Gasteiger partial charge in [0.1, 0.15) is 23.9 Å². The highest BCUT2D eigenvalue weighted by molar-refractivity contribution is 5.85. The average Bonchev–Trinajstić information content (AvgIpc) is 2.82. The molecule has 0 N–H and O–H groups in total. The zero-order valence-corrected chi connectivity index (χ0v) is 19.6. The highest BCUT2D eigenvalue weighted by atomic mass is 19.4. The summed E-state index contributed by atoms with van der Waals surface area (Å²) in [6.45, 7) is 1.13. The first-order chi connectivity index (χ1) is 17.8. The van der Waals surface area contributed by atoms with Gasteiger partial charge in [-0.2, -0.15) is 17.6 Å². The van der Waals surface area contributed by atoms with E-state index in [1.54, 1.807) is 35.2 Å². The van der Waals surface area contributed by atoms with Crippen molar-refractivity contribution >= 4 is 11.5 Å². The van der Waals surface area contributed by atoms with Gasteiger partial charge in [-0.05, 0) is 48.4 Å². The Hall–Kier alpha value is -3.96. The number of carbonyl (C=O) groups is 1. The zero-order valence-electron chi connectivity index (χ0n) is 19.6. The van der Waals surface area contributed by atoms with Gasteiger partial charge < -0.3 is 19.1 Å². The maximum Gasteiger partial charge on any atom is 0.573 e. The van der Waals surface area contributed by atoms with Crippen LogP contribution in [0, 0.1) is 0 Å². The van der Waals surface area contributed by atoms with Crippen LogP contribution in [-0.2, 0) is 4.79 Å². The fourth-order valence-corrected chi connectivity index (χ4v) is 4.11. The number of ether oxygens (including phenoxy) is 3. The van der Waals surface area contributed by atoms with Crippen molar-refractivity contribution < 1.29 is 49.7 Å². The molecule has 0 radical (unpaired) electrons. The summed E-state index contributed by atoms with van der Waals surface area (Å²) in [6.07, 6.45) is -13.6. The molecular formula is C26H20F7NO4. The number of carbonyl (C=O) groups excluding carboxylic acids is 1. The molecule has 0 aromatic heterocycles. The molecule has 0 bridgehead atoms. The fraction of sp³-hybridized carbons (Fsp3) is 0.269. The lowest BCUT2D eigenvalue weighted by atomic mass is 9.98. The molecule has 1 aliphatic heterocycles. The summed E-state index contributed by atoms with van der Waals surface area (Å²) < 4.78 is 104. The Morgan fingerprint density at radius 2 is 1.63 bits per heavy atom. The number of anilines is 1. The van der Waals surface area contributed by atoms with Crippen molar-refractivity contribution in [3.05, 3.63) is 72.3 Å². The van der Waals surface area contributed by atoms with E-state index in [2.05, 4.69) is 9.47 Å². The molecule has 12 heteroatoms. The number of alkyl halides is 7. The van der Waals surface area contributed by atoms with E-state index in [4.69, 9.17) is 4.74 Å². The summed E-state index contributed by atoms with van der Waals surface area (Å²) in [4.78, 5) is 13.8. The molecule has 1 atom stereocenters. The van der Waals surface area contributed by atoms with Crippen LogP contribution >= 0.6 is 0 Å². The van der Waals surface area contributed by atoms with E-state index in [9.17, 15) is 35.5 Å². The first-order valence-corrected chi connectivity index (χ1v) is 11.2. The van der Waals surface area contributed by atoms with Crippen molar-refractivity contribution in [1.29, 1.82) is 0 Å². The quantitative estimate of drug-likeness (QED) is 0.286. The number of hydrogen-bond acceptors (Lipinski definition) is 5. The van der Waals surface area contributed by atoms with Crippen LogP contribution < -0.4 is 19.1 Å². The number of para-hydroxylation sites is 1. The number of benzene rings is 3. The minimum atomic E-state index is -4.88. The third kappa shape index (κ3) is 6.12. The molecule has 4 rings (SSSR count). The van der Waals surface area contributed by atoms with Gasteiger partial charge in [0.25, 0.3) is 0 Å². The number of hydrogen-bond donors (Lipinski definition) is 0. The van der Waals surface area contributed by atoms with Crippen molar-refractivity contribution in [2.45, 2.75) is 31.9 Å². The van der Waals surface area contributed by atoms with Gasteiger partial charge in [-0.3, -0.25) is 4.79 Å². The molecule has 0 spiro atoms. The van der Waals surface area contributed by atoms with Gasteiger partial charge in [-0.15, -0.1) is 13.2 Å². The molecule has 0 fully saturated rings. The molecule has 3 aromatic carbocycles. The molecule has 38 heavy (non-hydrogen) atoms. The van der Waals surface area contributed by atoms with Gasteiger partial charge in [-0.1, -0.05) is 36.4 Å². The third-order valence-corrected chi connectivity index (χ3v) is 5.59. The van der Waals surface area contributed by atoms with E-state index in [1.807, 2.05) is 0 Å². The number of halogens is 7. The summed E-state index contributed by atoms with van der Waals surface area (Å²) in [7, 11) is 0. The van der Waals surface area contributed by atoms with E-state index in [-0.39, 0.29) is 24.7 Å². The highest BCUT2D eigenvalue weighted by Crippen LogP contribution is 2.46. The largest absolute Gasteiger partial charge is 0.573 e. The van der Waals surface area contributed by atoms with Crippen molar-refractivity contribution in [2.24, 2.45) is 0 Å². The van der Waals surface area contributed by atoms with Crippen LogP contribution in [0.1, 0.15) is 18.5 Å². The molecule has 0 saturated carbocycles. The van der Waals surface area contributed by atoms with Crippen molar-refractivity contribution in [3.63, 3.8) is 0 Å². The summed E-state index contributed by atoms with van der Waals surface area (Å²) in [6, 6.07) is 14.6. The molecule has 0 unspecified atom stereocenters. The average molecular weight is 543 g/mol. The van der Waals surface area contributed by atoms with Gasteiger partial charge in [0.15, 0.2) is 5.75 Å². The van der Waals surface area contributed by atoms with E-state index in [0.29, 0.717) is 22.4 Å². The van der Waals surface area contributed by atoms with Crippen LogP contribution in [0.2, 0.25) is 0 Å². The predicted octanol–water partition coefficient (Wildman–Crippen LogP) is 7.02. The second-order valence-electron chi connectivity index (χ2n) is 8.42. The first-order valence-electron chi connectivity index (χ1n) is 11.2. The monoisotopic (exact) mass is 543 g/mol. The van der Waals surface area contributed by atoms with E-state index < -0.39 is 36.4 Å². The standard InChI is InChI=1S/C26H20F7NO4/c1-15(35)13-34-21-10-4-9-20(16-5-2-8-19(11-16)38-26(31,32)33)23(21)36-14-22(34)17-6-3-7-18(12-17)37-25(29,30)24(27)28/h2-12,22,24H,13-14H2,1H3/t22-/m1/s1. The van der Waals surface area contributed by atoms with E-state index in [1.165, 1.54) is 25.1 Å². The number of fused-ring (bicyclic) bond motifs is 1. The Morgan fingerprint density at radius 1 is 0.974 bits per heavy atom. The van der Waals surface area contributed by atoms with Gasteiger partial charge in [0, 0.05) is 5.56 Å². The predicted molar refractivity (Wildman–Crippen MR) is 123 cm³/mol. The number of ketones is 1. The summed E-state index contributed by atoms with van der Waals surface area (Å²) in [5.41, 5.74) is 1.55. The SMILES string of the molecule is CC(=O)CN1c2cccc(-c3cccc(OC(F)(F)F)c3)c2OC[C@@H]1c1cccc(OC(F)(F)C(F)F)c1. The van der Waals surface area contributed by atoms with Crippen LogP contribution in [0.4, 0.5) is 36.4 Å². The minimum Gasteiger partial charge on any atom is -0.488 e. The maximum absolute atomic E-state index is 13.5. The van der Waals surface area contributed by atoms with Gasteiger partial charge in [0.2, 0.25) is 0 Å². The lowest BCUT2D eigenvalue weighted by Gasteiger charge is -2.39. The van der Waals surface area contributed by atoms with Gasteiger partial charge in [-0.25, -0.2) is 0 Å². The molecule has 5 nitrogen and oxygen atoms in total. The number of Topliss-reactive ketones (excluding diaryl/α,β-unsaturated/α-hetero) is 1. The summed E-state index contributed by atoms with van der Waals surface area (Å²) in [5.74, 6) is -0.896. The highest BCUT2D eigenvalue weighted by Gasteiger charge is 2.44. The number of rotatable bonds is 8. The lowest BCUT2D eigenvalue weighted by Crippen LogP contribution is -2.39. The van der Waals surface area contributed by atoms with Crippen molar-refractivity contribution in [1.82, 2.24) is 0 Å². The Labute approximate surface area is 212 Å². The van der Waals surface area contributed by atoms with Crippen LogP contribution in [0.5, 0.6) is 17.2 Å². The Balaban J connectivity index is 1.71. The minimum absolute atomic E-state index is 0.0925. The molecule has 0 aliphatic carbocycles. The fourth-order valence-electron chi connectivity index (χ4n) is 4.11.